The molecule has 3 aromatic rings. The number of carbonyl (C=O) groups excluding carboxylic acids is 2. The Morgan fingerprint density at radius 2 is 2.18 bits per heavy atom. The number of hydrogen-bond donors (Lipinski definition) is 2. The number of amides is 1. The van der Waals surface area contributed by atoms with Gasteiger partial charge >= 0.3 is 5.97 Å². The maximum absolute atomic E-state index is 12.3. The van der Waals surface area contributed by atoms with Crippen LogP contribution >= 0.6 is 11.3 Å². The highest BCUT2D eigenvalue weighted by Gasteiger charge is 2.37. The fourth-order valence-electron chi connectivity index (χ4n) is 4.17. The highest BCUT2D eigenvalue weighted by molar-refractivity contribution is 7.12. The van der Waals surface area contributed by atoms with Gasteiger partial charge in [0.2, 0.25) is 11.9 Å². The molecule has 0 spiro atoms. The van der Waals surface area contributed by atoms with Gasteiger partial charge < -0.3 is 20.7 Å². The zero-order valence-corrected chi connectivity index (χ0v) is 19.2. The smallest absolute Gasteiger partial charge is 0.353 e. The average Bonchev–Trinajstić information content (AvgIpc) is 3.48. The quantitative estimate of drug-likeness (QED) is 0.343. The Morgan fingerprint density at radius 1 is 1.29 bits per heavy atom. The molecule has 2 aromatic heterocycles. The molecule has 0 fully saturated rings. The topological polar surface area (TPSA) is 110 Å². The molecule has 1 unspecified atom stereocenters. The monoisotopic (exact) mass is 471 g/mol. The lowest BCUT2D eigenvalue weighted by Crippen LogP contribution is -2.32. The molecule has 3 N–H and O–H groups in total. The van der Waals surface area contributed by atoms with E-state index in [1.54, 1.807) is 36.5 Å². The Morgan fingerprint density at radius 3 is 2.97 bits per heavy atom. The molecule has 0 bridgehead atoms. The molecular formula is C25H21N5O3S. The molecule has 1 aromatic carbocycles. The van der Waals surface area contributed by atoms with Crippen LogP contribution in [0.15, 0.2) is 59.2 Å². The molecule has 0 saturated carbocycles. The third-order valence-corrected chi connectivity index (χ3v) is 6.67. The minimum Gasteiger partial charge on any atom is -0.422 e. The predicted octanol–water partition coefficient (Wildman–Crippen LogP) is 2.89. The summed E-state index contributed by atoms with van der Waals surface area (Å²) in [6.07, 6.45) is 2.93. The Hall–Kier alpha value is -4.16. The van der Waals surface area contributed by atoms with Gasteiger partial charge in [-0.3, -0.25) is 4.79 Å². The number of benzene rings is 1. The van der Waals surface area contributed by atoms with Crippen molar-refractivity contribution in [2.75, 3.05) is 19.3 Å². The van der Waals surface area contributed by atoms with Gasteiger partial charge in [0.1, 0.15) is 10.6 Å². The lowest BCUT2D eigenvalue weighted by Gasteiger charge is -2.26. The fraction of sp³-hybridized carbons (Fsp3) is 0.200. The van der Waals surface area contributed by atoms with Crippen molar-refractivity contribution >= 4 is 29.2 Å². The van der Waals surface area contributed by atoms with E-state index in [0.717, 1.165) is 17.7 Å². The second-order valence-electron chi connectivity index (χ2n) is 7.93. The number of nitrogens with two attached hydrogens (primary N) is 1. The first kappa shape index (κ1) is 21.7. The molecule has 2 aliphatic rings. The van der Waals surface area contributed by atoms with Gasteiger partial charge in [-0.15, -0.1) is 11.3 Å². The van der Waals surface area contributed by atoms with Crippen molar-refractivity contribution in [1.82, 2.24) is 20.2 Å². The zero-order chi connectivity index (χ0) is 23.7. The highest BCUT2D eigenvalue weighted by atomic mass is 32.1. The first-order valence-corrected chi connectivity index (χ1v) is 11.6. The van der Waals surface area contributed by atoms with Crippen LogP contribution in [0.3, 0.4) is 0 Å². The summed E-state index contributed by atoms with van der Waals surface area (Å²) >= 11 is 1.33. The number of esters is 1. The van der Waals surface area contributed by atoms with E-state index < -0.39 is 5.97 Å². The van der Waals surface area contributed by atoms with Crippen molar-refractivity contribution in [3.63, 3.8) is 0 Å². The number of nitrogens with one attached hydrogen (secondary N) is 1. The molecule has 0 radical (unpaired) electrons. The lowest BCUT2D eigenvalue weighted by atomic mass is 10.0. The van der Waals surface area contributed by atoms with E-state index in [9.17, 15) is 9.59 Å². The molecule has 9 heteroatoms. The van der Waals surface area contributed by atoms with E-state index in [1.165, 1.54) is 11.3 Å². The van der Waals surface area contributed by atoms with Crippen LogP contribution < -0.4 is 15.8 Å². The summed E-state index contributed by atoms with van der Waals surface area (Å²) in [4.78, 5) is 35.8. The number of anilines is 1. The van der Waals surface area contributed by atoms with E-state index in [-0.39, 0.29) is 17.9 Å². The summed E-state index contributed by atoms with van der Waals surface area (Å²) in [5.74, 6) is 6.39. The first-order chi connectivity index (χ1) is 16.5. The predicted molar refractivity (Wildman–Crippen MR) is 128 cm³/mol. The van der Waals surface area contributed by atoms with Crippen molar-refractivity contribution in [3.05, 3.63) is 80.9 Å². The van der Waals surface area contributed by atoms with Crippen LogP contribution in [-0.4, -0.2) is 40.3 Å². The summed E-state index contributed by atoms with van der Waals surface area (Å²) in [6, 6.07) is 10.4. The Balaban J connectivity index is 1.41. The number of hydrogen-bond acceptors (Lipinski definition) is 8. The summed E-state index contributed by atoms with van der Waals surface area (Å²) in [5, 5.41) is 4.73. The van der Waals surface area contributed by atoms with Gasteiger partial charge in [0, 0.05) is 49.5 Å². The van der Waals surface area contributed by atoms with E-state index in [2.05, 4.69) is 32.0 Å². The molecule has 1 atom stereocenters. The molecule has 1 amide bonds. The normalized spacial score (nSPS) is 17.0. The Kier molecular flexibility index (Phi) is 5.74. The summed E-state index contributed by atoms with van der Waals surface area (Å²) < 4.78 is 5.46. The molecule has 34 heavy (non-hydrogen) atoms. The average molecular weight is 472 g/mol. The molecule has 4 heterocycles. The van der Waals surface area contributed by atoms with Gasteiger partial charge in [0.05, 0.1) is 17.3 Å². The summed E-state index contributed by atoms with van der Waals surface area (Å²) in [7, 11) is 1.96. The molecule has 0 aliphatic carbocycles. The van der Waals surface area contributed by atoms with Crippen LogP contribution in [0.4, 0.5) is 5.95 Å². The molecular weight excluding hydrogens is 450 g/mol. The number of ether oxygens (including phenoxy) is 1. The van der Waals surface area contributed by atoms with Crippen LogP contribution in [0.2, 0.25) is 0 Å². The molecule has 2 aliphatic heterocycles. The third-order valence-electron chi connectivity index (χ3n) is 5.82. The van der Waals surface area contributed by atoms with Crippen LogP contribution in [0, 0.1) is 11.8 Å². The maximum atomic E-state index is 12.3. The summed E-state index contributed by atoms with van der Waals surface area (Å²) in [5.41, 5.74) is 9.71. The highest BCUT2D eigenvalue weighted by Crippen LogP contribution is 2.40. The molecule has 170 valence electrons. The van der Waals surface area contributed by atoms with Crippen molar-refractivity contribution in [3.8, 4) is 17.6 Å². The van der Waals surface area contributed by atoms with Crippen LogP contribution in [0.1, 0.15) is 45.4 Å². The number of carbonyl (C=O) groups is 2. The summed E-state index contributed by atoms with van der Waals surface area (Å²) in [6.45, 7) is 0.626. The molecule has 5 rings (SSSR count). The van der Waals surface area contributed by atoms with Gasteiger partial charge in [-0.1, -0.05) is 24.0 Å². The number of nitrogens with zero attached hydrogens (tertiary/aromatic N) is 3. The first-order valence-electron chi connectivity index (χ1n) is 10.7. The van der Waals surface area contributed by atoms with Crippen LogP contribution in [0.5, 0.6) is 5.75 Å². The van der Waals surface area contributed by atoms with Gasteiger partial charge in [-0.25, -0.2) is 14.8 Å². The minimum atomic E-state index is -0.404. The molecule has 8 nitrogen and oxygen atoms in total. The standard InChI is InChI=1S/C25H21N5O3S/c1-30-19-9-10-27-23(31)18(19)13-20(30)22-16(14-28-25(26)29-22)8-7-15-4-2-5-17(12-15)33-24(32)21-6-3-11-34-21/h2-6,11-12,14,20H,9-10,13H2,1H3,(H,27,31)(H2,26,28,29). The van der Waals surface area contributed by atoms with Gasteiger partial charge in [0.15, 0.2) is 0 Å². The largest absolute Gasteiger partial charge is 0.422 e. The zero-order valence-electron chi connectivity index (χ0n) is 18.4. The third kappa shape index (κ3) is 4.23. The second-order valence-corrected chi connectivity index (χ2v) is 8.88. The van der Waals surface area contributed by atoms with Crippen molar-refractivity contribution in [1.29, 1.82) is 0 Å². The number of thiophene rings is 1. The van der Waals surface area contributed by atoms with Crippen LogP contribution in [0.25, 0.3) is 0 Å². The van der Waals surface area contributed by atoms with Crippen LogP contribution in [-0.2, 0) is 4.79 Å². The van der Waals surface area contributed by atoms with Crippen molar-refractivity contribution < 1.29 is 14.3 Å². The van der Waals surface area contributed by atoms with Crippen molar-refractivity contribution in [2.24, 2.45) is 0 Å². The minimum absolute atomic E-state index is 0.0285. The van der Waals surface area contributed by atoms with Gasteiger partial charge in [-0.2, -0.15) is 0 Å². The van der Waals surface area contributed by atoms with E-state index in [4.69, 9.17) is 10.5 Å². The van der Waals surface area contributed by atoms with E-state index in [0.29, 0.717) is 40.4 Å². The number of nitrogen functional groups attached to an aromatic ring is 1. The number of rotatable bonds is 3. The van der Waals surface area contributed by atoms with E-state index in [1.807, 2.05) is 18.5 Å². The second kappa shape index (κ2) is 9.00. The molecule has 0 saturated heterocycles. The SMILES string of the molecule is CN1C2=C(CC1c1nc(N)ncc1C#Cc1cccc(OC(=O)c3cccs3)c1)C(=O)NCC2. The van der Waals surface area contributed by atoms with Gasteiger partial charge in [0.25, 0.3) is 0 Å². The van der Waals surface area contributed by atoms with Gasteiger partial charge in [-0.05, 0) is 29.6 Å². The fourth-order valence-corrected chi connectivity index (χ4v) is 4.77. The lowest BCUT2D eigenvalue weighted by molar-refractivity contribution is -0.117. The Bertz CT molecular complexity index is 1370. The Labute approximate surface area is 200 Å². The van der Waals surface area contributed by atoms with Crippen molar-refractivity contribution in [2.45, 2.75) is 18.9 Å². The maximum Gasteiger partial charge on any atom is 0.353 e. The number of aromatic nitrogens is 2. The van der Waals surface area contributed by atoms with E-state index >= 15 is 0 Å².